The van der Waals surface area contributed by atoms with E-state index < -0.39 is 0 Å². The molecule has 1 aromatic carbocycles. The van der Waals surface area contributed by atoms with Gasteiger partial charge in [0.25, 0.3) is 5.91 Å². The Morgan fingerprint density at radius 3 is 2.52 bits per heavy atom. The molecule has 0 unspecified atom stereocenters. The van der Waals surface area contributed by atoms with Crippen molar-refractivity contribution in [3.05, 3.63) is 53.9 Å². The first-order chi connectivity index (χ1) is 10.2. The molecule has 0 aliphatic heterocycles. The van der Waals surface area contributed by atoms with Crippen LogP contribution in [-0.2, 0) is 6.42 Å². The van der Waals surface area contributed by atoms with Gasteiger partial charge >= 0.3 is 6.01 Å². The number of hydrogen-bond acceptors (Lipinski definition) is 4. The maximum Gasteiger partial charge on any atom is 0.316 e. The maximum absolute atomic E-state index is 12.0. The minimum absolute atomic E-state index is 0.0832. The highest BCUT2D eigenvalue weighted by Crippen LogP contribution is 2.06. The van der Waals surface area contributed by atoms with Crippen molar-refractivity contribution in [1.82, 2.24) is 15.3 Å². The Hall–Kier alpha value is -2.43. The largest absolute Gasteiger partial charge is 0.467 e. The highest BCUT2D eigenvalue weighted by molar-refractivity contribution is 5.93. The summed E-state index contributed by atoms with van der Waals surface area (Å²) in [6, 6.07) is 10.6. The van der Waals surface area contributed by atoms with Crippen LogP contribution in [0.15, 0.2) is 42.7 Å². The zero-order valence-electron chi connectivity index (χ0n) is 12.2. The van der Waals surface area contributed by atoms with E-state index in [1.54, 1.807) is 0 Å². The summed E-state index contributed by atoms with van der Waals surface area (Å²) in [6.07, 6.45) is 4.74. The van der Waals surface area contributed by atoms with E-state index in [1.165, 1.54) is 25.1 Å². The van der Waals surface area contributed by atoms with Gasteiger partial charge in [-0.1, -0.05) is 30.3 Å². The quantitative estimate of drug-likeness (QED) is 0.884. The molecule has 1 aromatic heterocycles. The lowest BCUT2D eigenvalue weighted by molar-refractivity contribution is 0.0937. The van der Waals surface area contributed by atoms with Crippen LogP contribution in [0, 0.1) is 0 Å². The van der Waals surface area contributed by atoms with Gasteiger partial charge in [0.05, 0.1) is 12.7 Å². The van der Waals surface area contributed by atoms with Gasteiger partial charge in [-0.05, 0) is 25.3 Å². The summed E-state index contributed by atoms with van der Waals surface area (Å²) in [5.74, 6) is -0.168. The molecule has 0 aliphatic rings. The molecule has 0 saturated heterocycles. The molecule has 5 nitrogen and oxygen atoms in total. The Morgan fingerprint density at radius 1 is 1.24 bits per heavy atom. The van der Waals surface area contributed by atoms with Gasteiger partial charge in [0, 0.05) is 18.4 Å². The minimum Gasteiger partial charge on any atom is -0.467 e. The lowest BCUT2D eigenvalue weighted by atomic mass is 10.1. The molecule has 1 atom stereocenters. The lowest BCUT2D eigenvalue weighted by Gasteiger charge is -2.13. The number of hydrogen-bond donors (Lipinski definition) is 1. The molecular weight excluding hydrogens is 266 g/mol. The molecule has 0 saturated carbocycles. The second kappa shape index (κ2) is 7.38. The fourth-order valence-corrected chi connectivity index (χ4v) is 1.95. The van der Waals surface area contributed by atoms with Gasteiger partial charge < -0.3 is 10.1 Å². The number of carbonyl (C=O) groups is 1. The normalized spacial score (nSPS) is 11.7. The van der Waals surface area contributed by atoms with Crippen LogP contribution in [0.5, 0.6) is 6.01 Å². The fourth-order valence-electron chi connectivity index (χ4n) is 1.95. The number of nitrogens with zero attached hydrogens (tertiary/aromatic N) is 2. The van der Waals surface area contributed by atoms with E-state index in [0.717, 1.165) is 12.8 Å². The first-order valence-corrected chi connectivity index (χ1v) is 6.90. The van der Waals surface area contributed by atoms with E-state index >= 15 is 0 Å². The van der Waals surface area contributed by atoms with Crippen LogP contribution in [0.1, 0.15) is 29.3 Å². The topological polar surface area (TPSA) is 64.1 Å². The number of aryl methyl sites for hydroxylation is 1. The van der Waals surface area contributed by atoms with Gasteiger partial charge in [-0.15, -0.1) is 0 Å². The average molecular weight is 285 g/mol. The Labute approximate surface area is 124 Å². The molecule has 2 aromatic rings. The first kappa shape index (κ1) is 15.0. The molecule has 21 heavy (non-hydrogen) atoms. The van der Waals surface area contributed by atoms with Crippen LogP contribution >= 0.6 is 0 Å². The summed E-state index contributed by atoms with van der Waals surface area (Å²) in [5.41, 5.74) is 1.70. The zero-order valence-corrected chi connectivity index (χ0v) is 12.2. The van der Waals surface area contributed by atoms with Crippen molar-refractivity contribution in [3.8, 4) is 6.01 Å². The third-order valence-electron chi connectivity index (χ3n) is 3.16. The van der Waals surface area contributed by atoms with Crippen molar-refractivity contribution in [2.24, 2.45) is 0 Å². The molecule has 1 heterocycles. The van der Waals surface area contributed by atoms with E-state index in [4.69, 9.17) is 4.74 Å². The van der Waals surface area contributed by atoms with Crippen LogP contribution in [-0.4, -0.2) is 29.0 Å². The van der Waals surface area contributed by atoms with Crippen molar-refractivity contribution >= 4 is 5.91 Å². The smallest absolute Gasteiger partial charge is 0.316 e. The molecule has 110 valence electrons. The second-order valence-electron chi connectivity index (χ2n) is 4.86. The van der Waals surface area contributed by atoms with Crippen LogP contribution in [0.4, 0.5) is 0 Å². The molecule has 1 N–H and O–H groups in total. The van der Waals surface area contributed by atoms with E-state index in [9.17, 15) is 4.79 Å². The minimum atomic E-state index is -0.168. The van der Waals surface area contributed by atoms with Crippen molar-refractivity contribution in [3.63, 3.8) is 0 Å². The van der Waals surface area contributed by atoms with Crippen molar-refractivity contribution < 1.29 is 9.53 Å². The molecule has 0 bridgehead atoms. The third-order valence-corrected chi connectivity index (χ3v) is 3.16. The SMILES string of the molecule is COc1ncc(C(=O)N[C@H](C)CCc2ccccc2)cn1. The van der Waals surface area contributed by atoms with E-state index in [1.807, 2.05) is 25.1 Å². The number of aromatic nitrogens is 2. The third kappa shape index (κ3) is 4.56. The van der Waals surface area contributed by atoms with Gasteiger partial charge in [-0.3, -0.25) is 4.79 Å². The molecule has 0 spiro atoms. The predicted molar refractivity (Wildman–Crippen MR) is 80.3 cm³/mol. The van der Waals surface area contributed by atoms with E-state index in [-0.39, 0.29) is 18.0 Å². The first-order valence-electron chi connectivity index (χ1n) is 6.90. The Kier molecular flexibility index (Phi) is 5.26. The molecule has 0 fully saturated rings. The van der Waals surface area contributed by atoms with Gasteiger partial charge in [-0.25, -0.2) is 9.97 Å². The highest BCUT2D eigenvalue weighted by Gasteiger charge is 2.11. The summed E-state index contributed by atoms with van der Waals surface area (Å²) in [5, 5.41) is 2.94. The van der Waals surface area contributed by atoms with Gasteiger partial charge in [0.1, 0.15) is 0 Å². The van der Waals surface area contributed by atoms with Crippen molar-refractivity contribution in [2.45, 2.75) is 25.8 Å². The summed E-state index contributed by atoms with van der Waals surface area (Å²) in [7, 11) is 1.49. The number of rotatable bonds is 6. The highest BCUT2D eigenvalue weighted by atomic mass is 16.5. The Morgan fingerprint density at radius 2 is 1.90 bits per heavy atom. The lowest BCUT2D eigenvalue weighted by Crippen LogP contribution is -2.33. The number of ether oxygens (including phenoxy) is 1. The monoisotopic (exact) mass is 285 g/mol. The number of nitrogens with one attached hydrogen (secondary N) is 1. The van der Waals surface area contributed by atoms with Gasteiger partial charge in [0.2, 0.25) is 0 Å². The van der Waals surface area contributed by atoms with Gasteiger partial charge in [0.15, 0.2) is 0 Å². The van der Waals surface area contributed by atoms with E-state index in [0.29, 0.717) is 5.56 Å². The molecule has 0 aliphatic carbocycles. The number of amides is 1. The fraction of sp³-hybridized carbons (Fsp3) is 0.312. The summed E-state index contributed by atoms with van der Waals surface area (Å²) in [4.78, 5) is 19.9. The molecule has 5 heteroatoms. The molecule has 0 radical (unpaired) electrons. The number of methoxy groups -OCH3 is 1. The molecule has 2 rings (SSSR count). The van der Waals surface area contributed by atoms with E-state index in [2.05, 4.69) is 27.4 Å². The maximum atomic E-state index is 12.0. The Balaban J connectivity index is 1.83. The van der Waals surface area contributed by atoms with Crippen molar-refractivity contribution in [2.75, 3.05) is 7.11 Å². The summed E-state index contributed by atoms with van der Waals surface area (Å²) < 4.78 is 4.86. The van der Waals surface area contributed by atoms with Gasteiger partial charge in [-0.2, -0.15) is 0 Å². The molecule has 1 amide bonds. The van der Waals surface area contributed by atoms with Crippen LogP contribution in [0.25, 0.3) is 0 Å². The zero-order chi connectivity index (χ0) is 15.1. The van der Waals surface area contributed by atoms with Crippen LogP contribution < -0.4 is 10.1 Å². The summed E-state index contributed by atoms with van der Waals surface area (Å²) >= 11 is 0. The van der Waals surface area contributed by atoms with Crippen LogP contribution in [0.3, 0.4) is 0 Å². The predicted octanol–water partition coefficient (Wildman–Crippen LogP) is 2.24. The summed E-state index contributed by atoms with van der Waals surface area (Å²) in [6.45, 7) is 1.99. The van der Waals surface area contributed by atoms with Crippen LogP contribution in [0.2, 0.25) is 0 Å². The Bertz CT molecular complexity index is 570. The standard InChI is InChI=1S/C16H19N3O2/c1-12(8-9-13-6-4-3-5-7-13)19-15(20)14-10-17-16(21-2)18-11-14/h3-7,10-12H,8-9H2,1-2H3,(H,19,20)/t12-/m1/s1. The average Bonchev–Trinajstić information content (AvgIpc) is 2.54. The number of carbonyl (C=O) groups excluding carboxylic acids is 1. The molecular formula is C16H19N3O2. The number of benzene rings is 1. The van der Waals surface area contributed by atoms with Crippen molar-refractivity contribution in [1.29, 1.82) is 0 Å². The second-order valence-corrected chi connectivity index (χ2v) is 4.86.